The fraction of sp³-hybridized carbons (Fsp3) is 0.538. The quantitative estimate of drug-likeness (QED) is 0.738. The number of hydrogen-bond donors (Lipinski definition) is 1. The fourth-order valence-electron chi connectivity index (χ4n) is 1.53. The van der Waals surface area contributed by atoms with Crippen LogP contribution in [0.5, 0.6) is 0 Å². The standard InChI is InChI=1S/C13H21N.ClH/c1-9(2)11-6-5-7-12(8-11)13(14)10(3)4;/h5-10,13H,14H2,1-4H3;1H/t13-;/m1./s1. The number of quaternary nitrogens is 1. The maximum atomic E-state index is 4.21. The molecule has 0 aliphatic carbocycles. The molecule has 0 heterocycles. The van der Waals surface area contributed by atoms with Crippen molar-refractivity contribution in [1.82, 2.24) is 0 Å². The van der Waals surface area contributed by atoms with Crippen molar-refractivity contribution in [3.8, 4) is 0 Å². The van der Waals surface area contributed by atoms with Gasteiger partial charge in [0.2, 0.25) is 0 Å². The van der Waals surface area contributed by atoms with E-state index in [1.165, 1.54) is 11.1 Å². The Morgan fingerprint density at radius 3 is 2.00 bits per heavy atom. The lowest BCUT2D eigenvalue weighted by Crippen LogP contribution is -3.00. The van der Waals surface area contributed by atoms with Crippen LogP contribution in [0.25, 0.3) is 0 Å². The largest absolute Gasteiger partial charge is 1.00 e. The Labute approximate surface area is 99.5 Å². The molecule has 86 valence electrons. The molecule has 0 saturated heterocycles. The molecule has 3 N–H and O–H groups in total. The van der Waals surface area contributed by atoms with Gasteiger partial charge in [0, 0.05) is 11.5 Å². The molecule has 0 spiro atoms. The average Bonchev–Trinajstić information content (AvgIpc) is 2.16. The lowest BCUT2D eigenvalue weighted by atomic mass is 9.93. The van der Waals surface area contributed by atoms with Crippen LogP contribution in [0, 0.1) is 5.92 Å². The smallest absolute Gasteiger partial charge is 0.112 e. The second kappa shape index (κ2) is 6.14. The molecule has 1 nitrogen and oxygen atoms in total. The van der Waals surface area contributed by atoms with Gasteiger partial charge in [0.15, 0.2) is 0 Å². The molecule has 15 heavy (non-hydrogen) atoms. The van der Waals surface area contributed by atoms with Gasteiger partial charge in [-0.3, -0.25) is 0 Å². The van der Waals surface area contributed by atoms with E-state index in [1.54, 1.807) is 0 Å². The minimum atomic E-state index is 0. The fourth-order valence-corrected chi connectivity index (χ4v) is 1.53. The van der Waals surface area contributed by atoms with Crippen LogP contribution in [0.2, 0.25) is 0 Å². The number of rotatable bonds is 3. The first-order valence-electron chi connectivity index (χ1n) is 5.45. The van der Waals surface area contributed by atoms with Crippen LogP contribution >= 0.6 is 0 Å². The van der Waals surface area contributed by atoms with Gasteiger partial charge in [-0.2, -0.15) is 0 Å². The van der Waals surface area contributed by atoms with Crippen LogP contribution in [0.4, 0.5) is 0 Å². The van der Waals surface area contributed by atoms with Crippen molar-refractivity contribution in [2.24, 2.45) is 5.92 Å². The monoisotopic (exact) mass is 227 g/mol. The maximum Gasteiger partial charge on any atom is 0.112 e. The Bertz CT molecular complexity index is 294. The van der Waals surface area contributed by atoms with Crippen molar-refractivity contribution < 1.29 is 18.1 Å². The molecule has 0 aliphatic heterocycles. The Hall–Kier alpha value is -0.530. The molecule has 2 heteroatoms. The Morgan fingerprint density at radius 1 is 1.00 bits per heavy atom. The van der Waals surface area contributed by atoms with E-state index in [0.29, 0.717) is 17.9 Å². The average molecular weight is 228 g/mol. The summed E-state index contributed by atoms with van der Waals surface area (Å²) in [5.41, 5.74) is 6.99. The van der Waals surface area contributed by atoms with Gasteiger partial charge in [0.1, 0.15) is 6.04 Å². The summed E-state index contributed by atoms with van der Waals surface area (Å²) in [5.74, 6) is 1.21. The highest BCUT2D eigenvalue weighted by Gasteiger charge is 2.14. The lowest BCUT2D eigenvalue weighted by Gasteiger charge is -2.14. The van der Waals surface area contributed by atoms with E-state index in [2.05, 4.69) is 57.7 Å². The molecule has 1 aromatic rings. The molecule has 0 aromatic heterocycles. The molecule has 0 saturated carbocycles. The zero-order valence-electron chi connectivity index (χ0n) is 10.1. The number of hydrogen-bond acceptors (Lipinski definition) is 0. The highest BCUT2D eigenvalue weighted by Crippen LogP contribution is 2.21. The van der Waals surface area contributed by atoms with E-state index in [0.717, 1.165) is 0 Å². The van der Waals surface area contributed by atoms with Gasteiger partial charge in [0.05, 0.1) is 0 Å². The third-order valence-electron chi connectivity index (χ3n) is 2.81. The molecule has 0 unspecified atom stereocenters. The summed E-state index contributed by atoms with van der Waals surface area (Å²) in [7, 11) is 0. The summed E-state index contributed by atoms with van der Waals surface area (Å²) in [5, 5.41) is 0. The molecular formula is C13H22ClN. The summed E-state index contributed by atoms with van der Waals surface area (Å²) < 4.78 is 0. The van der Waals surface area contributed by atoms with Crippen molar-refractivity contribution in [2.45, 2.75) is 39.7 Å². The van der Waals surface area contributed by atoms with Gasteiger partial charge in [-0.1, -0.05) is 45.9 Å². The van der Waals surface area contributed by atoms with Crippen LogP contribution in [-0.4, -0.2) is 0 Å². The van der Waals surface area contributed by atoms with E-state index < -0.39 is 0 Å². The number of benzene rings is 1. The Balaban J connectivity index is 0.00000196. The normalized spacial score (nSPS) is 12.7. The molecular weight excluding hydrogens is 206 g/mol. The third-order valence-corrected chi connectivity index (χ3v) is 2.81. The summed E-state index contributed by atoms with van der Waals surface area (Å²) in [6.45, 7) is 8.90. The number of halogens is 1. The SMILES string of the molecule is CC(C)c1cccc([C@H]([NH3+])C(C)C)c1.[Cl-]. The van der Waals surface area contributed by atoms with Gasteiger partial charge in [-0.25, -0.2) is 0 Å². The zero-order chi connectivity index (χ0) is 10.7. The predicted octanol–water partition coefficient (Wildman–Crippen LogP) is -0.247. The van der Waals surface area contributed by atoms with Crippen molar-refractivity contribution in [1.29, 1.82) is 0 Å². The Kier molecular flexibility index (Phi) is 5.92. The molecule has 0 amide bonds. The van der Waals surface area contributed by atoms with Crippen LogP contribution in [-0.2, 0) is 0 Å². The summed E-state index contributed by atoms with van der Waals surface area (Å²) in [6, 6.07) is 9.23. The molecule has 1 aromatic carbocycles. The van der Waals surface area contributed by atoms with Gasteiger partial charge >= 0.3 is 0 Å². The lowest BCUT2D eigenvalue weighted by molar-refractivity contribution is -0.438. The summed E-state index contributed by atoms with van der Waals surface area (Å²) >= 11 is 0. The molecule has 1 rings (SSSR count). The van der Waals surface area contributed by atoms with Crippen molar-refractivity contribution >= 4 is 0 Å². The van der Waals surface area contributed by atoms with Crippen molar-refractivity contribution in [2.75, 3.05) is 0 Å². The van der Waals surface area contributed by atoms with Crippen molar-refractivity contribution in [3.05, 3.63) is 35.4 Å². The van der Waals surface area contributed by atoms with Crippen LogP contribution in [0.15, 0.2) is 24.3 Å². The van der Waals surface area contributed by atoms with E-state index in [9.17, 15) is 0 Å². The van der Waals surface area contributed by atoms with Gasteiger partial charge < -0.3 is 18.1 Å². The van der Waals surface area contributed by atoms with E-state index in [1.807, 2.05) is 0 Å². The summed E-state index contributed by atoms with van der Waals surface area (Å²) in [6.07, 6.45) is 0. The van der Waals surface area contributed by atoms with E-state index in [4.69, 9.17) is 0 Å². The minimum Gasteiger partial charge on any atom is -1.00 e. The van der Waals surface area contributed by atoms with Gasteiger partial charge in [0.25, 0.3) is 0 Å². The van der Waals surface area contributed by atoms with Gasteiger partial charge in [-0.15, -0.1) is 0 Å². The second-order valence-electron chi connectivity index (χ2n) is 4.68. The second-order valence-corrected chi connectivity index (χ2v) is 4.68. The van der Waals surface area contributed by atoms with E-state index in [-0.39, 0.29) is 12.4 Å². The first kappa shape index (κ1) is 14.5. The molecule has 0 fully saturated rings. The minimum absolute atomic E-state index is 0. The topological polar surface area (TPSA) is 27.6 Å². The highest BCUT2D eigenvalue weighted by atomic mass is 35.5. The van der Waals surface area contributed by atoms with Crippen LogP contribution in [0.3, 0.4) is 0 Å². The maximum absolute atomic E-state index is 4.21. The molecule has 0 bridgehead atoms. The van der Waals surface area contributed by atoms with Crippen molar-refractivity contribution in [3.63, 3.8) is 0 Å². The first-order chi connectivity index (χ1) is 6.52. The molecule has 0 radical (unpaired) electrons. The predicted molar refractivity (Wildman–Crippen MR) is 61.0 cm³/mol. The summed E-state index contributed by atoms with van der Waals surface area (Å²) in [4.78, 5) is 0. The van der Waals surface area contributed by atoms with Gasteiger partial charge in [-0.05, 0) is 17.5 Å². The highest BCUT2D eigenvalue weighted by molar-refractivity contribution is 5.27. The molecule has 1 atom stereocenters. The first-order valence-corrected chi connectivity index (χ1v) is 5.45. The zero-order valence-corrected chi connectivity index (χ0v) is 10.9. The Morgan fingerprint density at radius 2 is 1.53 bits per heavy atom. The molecule has 0 aliphatic rings. The van der Waals surface area contributed by atoms with Crippen LogP contribution < -0.4 is 18.1 Å². The van der Waals surface area contributed by atoms with E-state index >= 15 is 0 Å². The third kappa shape index (κ3) is 3.84. The van der Waals surface area contributed by atoms with Crippen LogP contribution in [0.1, 0.15) is 50.8 Å².